The summed E-state index contributed by atoms with van der Waals surface area (Å²) in [7, 11) is 1.70. The van der Waals surface area contributed by atoms with Gasteiger partial charge in [0.1, 0.15) is 5.75 Å². The molecule has 0 aliphatic rings. The summed E-state index contributed by atoms with van der Waals surface area (Å²) in [6.07, 6.45) is 0. The Labute approximate surface area is 109 Å². The molecule has 0 saturated heterocycles. The van der Waals surface area contributed by atoms with Gasteiger partial charge in [0.15, 0.2) is 0 Å². The molecule has 0 aromatic heterocycles. The lowest BCUT2D eigenvalue weighted by Gasteiger charge is -2.22. The third-order valence-electron chi connectivity index (χ3n) is 2.51. The van der Waals surface area contributed by atoms with Crippen LogP contribution in [0, 0.1) is 5.92 Å². The van der Waals surface area contributed by atoms with Crippen LogP contribution >= 0.6 is 11.8 Å². The first-order valence-corrected chi connectivity index (χ1v) is 7.10. The highest BCUT2D eigenvalue weighted by Crippen LogP contribution is 2.34. The highest BCUT2D eigenvalue weighted by molar-refractivity contribution is 7.99. The summed E-state index contributed by atoms with van der Waals surface area (Å²) in [5.41, 5.74) is 7.34. The lowest BCUT2D eigenvalue weighted by molar-refractivity contribution is 0.414. The second-order valence-electron chi connectivity index (χ2n) is 4.78. The number of methoxy groups -OCH3 is 1. The van der Waals surface area contributed by atoms with Crippen molar-refractivity contribution in [2.75, 3.05) is 12.9 Å². The van der Waals surface area contributed by atoms with E-state index in [4.69, 9.17) is 10.5 Å². The van der Waals surface area contributed by atoms with E-state index >= 15 is 0 Å². The largest absolute Gasteiger partial charge is 0.497 e. The van der Waals surface area contributed by atoms with Crippen molar-refractivity contribution in [3.63, 3.8) is 0 Å². The molecule has 0 bridgehead atoms. The SMILES string of the molecule is COc1cccc(C(SCC(C)C)C(C)N)c1. The van der Waals surface area contributed by atoms with Gasteiger partial charge in [-0.25, -0.2) is 0 Å². The lowest BCUT2D eigenvalue weighted by Crippen LogP contribution is -2.23. The van der Waals surface area contributed by atoms with Crippen molar-refractivity contribution in [1.82, 2.24) is 0 Å². The van der Waals surface area contributed by atoms with E-state index in [0.29, 0.717) is 11.2 Å². The number of nitrogens with two attached hydrogens (primary N) is 1. The monoisotopic (exact) mass is 253 g/mol. The Kier molecular flexibility index (Phi) is 5.86. The van der Waals surface area contributed by atoms with Gasteiger partial charge in [0, 0.05) is 11.3 Å². The fraction of sp³-hybridized carbons (Fsp3) is 0.571. The van der Waals surface area contributed by atoms with E-state index in [-0.39, 0.29) is 6.04 Å². The first-order valence-electron chi connectivity index (χ1n) is 6.05. The summed E-state index contributed by atoms with van der Waals surface area (Å²) in [6.45, 7) is 6.53. The van der Waals surface area contributed by atoms with Crippen LogP contribution in [0.25, 0.3) is 0 Å². The zero-order chi connectivity index (χ0) is 12.8. The van der Waals surface area contributed by atoms with E-state index < -0.39 is 0 Å². The van der Waals surface area contributed by atoms with E-state index in [1.54, 1.807) is 7.11 Å². The van der Waals surface area contributed by atoms with Gasteiger partial charge >= 0.3 is 0 Å². The molecule has 3 heteroatoms. The van der Waals surface area contributed by atoms with Crippen molar-refractivity contribution in [2.45, 2.75) is 32.1 Å². The molecule has 0 heterocycles. The van der Waals surface area contributed by atoms with Crippen LogP contribution in [0.3, 0.4) is 0 Å². The molecule has 96 valence electrons. The van der Waals surface area contributed by atoms with E-state index in [1.165, 1.54) is 5.56 Å². The summed E-state index contributed by atoms with van der Waals surface area (Å²) in [6, 6.07) is 8.35. The minimum atomic E-state index is 0.144. The van der Waals surface area contributed by atoms with Gasteiger partial charge in [0.2, 0.25) is 0 Å². The molecule has 2 nitrogen and oxygen atoms in total. The van der Waals surface area contributed by atoms with Crippen molar-refractivity contribution < 1.29 is 4.74 Å². The summed E-state index contributed by atoms with van der Waals surface area (Å²) >= 11 is 1.93. The molecule has 1 aromatic carbocycles. The Hall–Kier alpha value is -0.670. The van der Waals surface area contributed by atoms with Crippen LogP contribution in [0.1, 0.15) is 31.6 Å². The first kappa shape index (κ1) is 14.4. The standard InChI is InChI=1S/C14H23NOS/c1-10(2)9-17-14(11(3)15)12-6-5-7-13(8-12)16-4/h5-8,10-11,14H,9,15H2,1-4H3. The maximum absolute atomic E-state index is 6.08. The van der Waals surface area contributed by atoms with E-state index in [2.05, 4.69) is 32.9 Å². The topological polar surface area (TPSA) is 35.2 Å². The molecular weight excluding hydrogens is 230 g/mol. The molecule has 2 unspecified atom stereocenters. The van der Waals surface area contributed by atoms with Gasteiger partial charge in [-0.2, -0.15) is 11.8 Å². The Balaban J connectivity index is 2.81. The minimum Gasteiger partial charge on any atom is -0.497 e. The number of thioether (sulfide) groups is 1. The third kappa shape index (κ3) is 4.60. The molecule has 0 saturated carbocycles. The summed E-state index contributed by atoms with van der Waals surface area (Å²) in [5.74, 6) is 2.72. The smallest absolute Gasteiger partial charge is 0.119 e. The zero-order valence-electron chi connectivity index (χ0n) is 11.1. The fourth-order valence-electron chi connectivity index (χ4n) is 1.67. The Morgan fingerprint density at radius 1 is 1.29 bits per heavy atom. The zero-order valence-corrected chi connectivity index (χ0v) is 12.0. The van der Waals surface area contributed by atoms with Crippen molar-refractivity contribution in [1.29, 1.82) is 0 Å². The number of hydrogen-bond acceptors (Lipinski definition) is 3. The molecule has 0 fully saturated rings. The molecule has 0 radical (unpaired) electrons. The maximum Gasteiger partial charge on any atom is 0.119 e. The molecule has 0 aliphatic heterocycles. The van der Waals surface area contributed by atoms with Crippen LogP contribution in [-0.2, 0) is 0 Å². The number of benzene rings is 1. The van der Waals surface area contributed by atoms with Crippen LogP contribution in [0.2, 0.25) is 0 Å². The summed E-state index contributed by atoms with van der Waals surface area (Å²) in [4.78, 5) is 0. The molecule has 0 amide bonds. The second-order valence-corrected chi connectivity index (χ2v) is 5.96. The fourth-order valence-corrected chi connectivity index (χ4v) is 2.90. The molecular formula is C14H23NOS. The molecule has 2 atom stereocenters. The average Bonchev–Trinajstić information content (AvgIpc) is 2.28. The third-order valence-corrected chi connectivity index (χ3v) is 4.43. The van der Waals surface area contributed by atoms with Gasteiger partial charge in [0.25, 0.3) is 0 Å². The maximum atomic E-state index is 6.08. The molecule has 0 aliphatic carbocycles. The van der Waals surface area contributed by atoms with Gasteiger partial charge in [-0.15, -0.1) is 0 Å². The van der Waals surface area contributed by atoms with Gasteiger partial charge in [-0.05, 0) is 36.3 Å². The van der Waals surface area contributed by atoms with E-state index in [1.807, 2.05) is 23.9 Å². The van der Waals surface area contributed by atoms with Crippen molar-refractivity contribution in [3.05, 3.63) is 29.8 Å². The van der Waals surface area contributed by atoms with Crippen molar-refractivity contribution in [3.8, 4) is 5.75 Å². The van der Waals surface area contributed by atoms with Crippen molar-refractivity contribution in [2.24, 2.45) is 11.7 Å². The Morgan fingerprint density at radius 2 is 2.00 bits per heavy atom. The van der Waals surface area contributed by atoms with Gasteiger partial charge in [-0.3, -0.25) is 0 Å². The normalized spacial score (nSPS) is 14.7. The van der Waals surface area contributed by atoms with Crippen LogP contribution in [0.15, 0.2) is 24.3 Å². The molecule has 1 aromatic rings. The van der Waals surface area contributed by atoms with Crippen LogP contribution in [0.4, 0.5) is 0 Å². The predicted molar refractivity (Wildman–Crippen MR) is 76.7 cm³/mol. The minimum absolute atomic E-state index is 0.144. The number of rotatable bonds is 6. The Morgan fingerprint density at radius 3 is 2.53 bits per heavy atom. The molecule has 0 spiro atoms. The van der Waals surface area contributed by atoms with Crippen molar-refractivity contribution >= 4 is 11.8 Å². The van der Waals surface area contributed by atoms with E-state index in [0.717, 1.165) is 11.5 Å². The highest BCUT2D eigenvalue weighted by Gasteiger charge is 2.17. The highest BCUT2D eigenvalue weighted by atomic mass is 32.2. The van der Waals surface area contributed by atoms with Crippen LogP contribution < -0.4 is 10.5 Å². The summed E-state index contributed by atoms with van der Waals surface area (Å²) < 4.78 is 5.26. The van der Waals surface area contributed by atoms with Gasteiger partial charge in [0.05, 0.1) is 7.11 Å². The lowest BCUT2D eigenvalue weighted by atomic mass is 10.1. The first-order chi connectivity index (χ1) is 8.04. The van der Waals surface area contributed by atoms with Crippen LogP contribution in [-0.4, -0.2) is 18.9 Å². The summed E-state index contributed by atoms with van der Waals surface area (Å²) in [5, 5.41) is 0.340. The van der Waals surface area contributed by atoms with Gasteiger partial charge in [-0.1, -0.05) is 26.0 Å². The molecule has 17 heavy (non-hydrogen) atoms. The Bertz CT molecular complexity index is 339. The average molecular weight is 253 g/mol. The molecule has 1 rings (SSSR count). The second kappa shape index (κ2) is 6.92. The molecule has 2 N–H and O–H groups in total. The quantitative estimate of drug-likeness (QED) is 0.843. The number of hydrogen-bond donors (Lipinski definition) is 1. The van der Waals surface area contributed by atoms with Gasteiger partial charge < -0.3 is 10.5 Å². The number of ether oxygens (including phenoxy) is 1. The van der Waals surface area contributed by atoms with E-state index in [9.17, 15) is 0 Å². The van der Waals surface area contributed by atoms with Crippen LogP contribution in [0.5, 0.6) is 5.75 Å². The predicted octanol–water partition coefficient (Wildman–Crippen LogP) is 3.47.